The van der Waals surface area contributed by atoms with E-state index >= 15 is 0 Å². The van der Waals surface area contributed by atoms with Gasteiger partial charge in [0.05, 0.1) is 14.8 Å². The number of carbonyl (C=O) groups excluding carboxylic acids is 1. The summed E-state index contributed by atoms with van der Waals surface area (Å²) >= 11 is 6.38. The number of benzene rings is 2. The van der Waals surface area contributed by atoms with Crippen molar-refractivity contribution < 1.29 is 9.90 Å². The molecule has 0 aliphatic rings. The molecule has 10 heteroatoms. The minimum absolute atomic E-state index is 0.241. The molecule has 0 spiro atoms. The van der Waals surface area contributed by atoms with Gasteiger partial charge in [-0.05, 0) is 92.0 Å². The maximum absolute atomic E-state index is 12.4. The van der Waals surface area contributed by atoms with E-state index in [4.69, 9.17) is 0 Å². The zero-order valence-electron chi connectivity index (χ0n) is 13.3. The summed E-state index contributed by atoms with van der Waals surface area (Å²) in [5.41, 5.74) is -1.63. The van der Waals surface area contributed by atoms with Crippen molar-refractivity contribution in [3.8, 4) is 5.75 Å². The highest BCUT2D eigenvalue weighted by molar-refractivity contribution is 14.1. The van der Waals surface area contributed by atoms with E-state index in [-0.39, 0.29) is 10.9 Å². The standard InChI is InChI=1S/C17H10I3N3O4/c18-7-5-9(19)12(20)11(6-7)22-17(27)23-13-14(24)8-3-1-2-4-10(8)21-16(26)15(13)25/h1-6H,(H4,21,22,23,24,25,26,27). The maximum atomic E-state index is 12.4. The third-order valence-corrected chi connectivity index (χ3v) is 7.25. The summed E-state index contributed by atoms with van der Waals surface area (Å²) in [5, 5.41) is 15.7. The molecule has 4 N–H and O–H groups in total. The Balaban J connectivity index is 2.04. The van der Waals surface area contributed by atoms with E-state index in [1.165, 1.54) is 6.07 Å². The number of carbonyl (C=O) groups is 1. The van der Waals surface area contributed by atoms with Crippen LogP contribution in [0.2, 0.25) is 0 Å². The predicted octanol–water partition coefficient (Wildman–Crippen LogP) is 4.05. The largest absolute Gasteiger partial charge is 0.505 e. The Bertz CT molecular complexity index is 1190. The molecule has 0 atom stereocenters. The fourth-order valence-corrected chi connectivity index (χ4v) is 4.65. The number of para-hydroxylation sites is 1. The molecule has 0 unspecified atom stereocenters. The minimum Gasteiger partial charge on any atom is -0.505 e. The molecule has 7 nitrogen and oxygen atoms in total. The summed E-state index contributed by atoms with van der Waals surface area (Å²) in [6.45, 7) is 0. The molecule has 2 amide bonds. The number of urea groups is 1. The number of rotatable bonds is 2. The van der Waals surface area contributed by atoms with E-state index in [2.05, 4.69) is 83.4 Å². The smallest absolute Gasteiger partial charge is 0.323 e. The third-order valence-electron chi connectivity index (χ3n) is 3.58. The first-order valence-electron chi connectivity index (χ1n) is 7.38. The Morgan fingerprint density at radius 1 is 1.04 bits per heavy atom. The van der Waals surface area contributed by atoms with Crippen molar-refractivity contribution in [2.75, 3.05) is 10.6 Å². The number of fused-ring (bicyclic) bond motifs is 1. The van der Waals surface area contributed by atoms with E-state index < -0.39 is 28.5 Å². The van der Waals surface area contributed by atoms with Gasteiger partial charge in [-0.1, -0.05) is 12.1 Å². The van der Waals surface area contributed by atoms with Gasteiger partial charge in [0.1, 0.15) is 5.69 Å². The van der Waals surface area contributed by atoms with Crippen molar-refractivity contribution >= 4 is 96.1 Å². The van der Waals surface area contributed by atoms with Crippen molar-refractivity contribution in [3.05, 3.63) is 67.7 Å². The Morgan fingerprint density at radius 3 is 2.48 bits per heavy atom. The Hall–Kier alpha value is -1.42. The fraction of sp³-hybridized carbons (Fsp3) is 0. The van der Waals surface area contributed by atoms with Crippen LogP contribution in [0.25, 0.3) is 10.9 Å². The molecule has 2 aromatic carbocycles. The van der Waals surface area contributed by atoms with Crippen LogP contribution in [-0.4, -0.2) is 16.1 Å². The molecule has 0 saturated carbocycles. The normalized spacial score (nSPS) is 10.6. The van der Waals surface area contributed by atoms with Gasteiger partial charge in [-0.15, -0.1) is 0 Å². The third kappa shape index (κ3) is 4.37. The van der Waals surface area contributed by atoms with Gasteiger partial charge in [0, 0.05) is 12.5 Å². The number of aromatic hydroxyl groups is 1. The van der Waals surface area contributed by atoms with Crippen LogP contribution in [0.4, 0.5) is 16.2 Å². The number of hydrogen-bond acceptors (Lipinski definition) is 4. The van der Waals surface area contributed by atoms with Gasteiger partial charge in [-0.3, -0.25) is 9.59 Å². The summed E-state index contributed by atoms with van der Waals surface area (Å²) in [6.07, 6.45) is 0. The van der Waals surface area contributed by atoms with E-state index in [9.17, 15) is 19.5 Å². The van der Waals surface area contributed by atoms with Gasteiger partial charge in [0.25, 0.3) is 11.0 Å². The molecule has 1 aromatic heterocycles. The summed E-state index contributed by atoms with van der Waals surface area (Å²) < 4.78 is 2.71. The first-order chi connectivity index (χ1) is 12.8. The van der Waals surface area contributed by atoms with Crippen molar-refractivity contribution in [1.82, 2.24) is 4.98 Å². The van der Waals surface area contributed by atoms with Crippen molar-refractivity contribution in [2.45, 2.75) is 0 Å². The average Bonchev–Trinajstić information content (AvgIpc) is 2.70. The SMILES string of the molecule is O=C(Nc1cc(I)cc(I)c1I)Nc1c(O)c2ccccc2[nH]c(=O)c1=O. The molecule has 1 heterocycles. The number of hydrogen-bond donors (Lipinski definition) is 4. The number of H-pyrrole nitrogens is 1. The molecule has 27 heavy (non-hydrogen) atoms. The quantitative estimate of drug-likeness (QED) is 0.184. The predicted molar refractivity (Wildman–Crippen MR) is 130 cm³/mol. The van der Waals surface area contributed by atoms with Gasteiger partial charge in [0.15, 0.2) is 5.75 Å². The van der Waals surface area contributed by atoms with Gasteiger partial charge in [-0.2, -0.15) is 0 Å². The van der Waals surface area contributed by atoms with Crippen LogP contribution in [0.15, 0.2) is 46.0 Å². The maximum Gasteiger partial charge on any atom is 0.323 e. The monoisotopic (exact) mass is 701 g/mol. The lowest BCUT2D eigenvalue weighted by Crippen LogP contribution is -2.30. The molecule has 0 radical (unpaired) electrons. The van der Waals surface area contributed by atoms with Crippen molar-refractivity contribution in [3.63, 3.8) is 0 Å². The molecular formula is C17H10I3N3O4. The lowest BCUT2D eigenvalue weighted by Gasteiger charge is -2.11. The fourth-order valence-electron chi connectivity index (χ4n) is 2.36. The topological polar surface area (TPSA) is 111 Å². The van der Waals surface area contributed by atoms with E-state index in [0.717, 1.165) is 10.7 Å². The van der Waals surface area contributed by atoms with Gasteiger partial charge < -0.3 is 20.7 Å². The Kier molecular flexibility index (Phi) is 6.25. The van der Waals surface area contributed by atoms with Crippen LogP contribution in [0.1, 0.15) is 0 Å². The second-order valence-corrected chi connectivity index (χ2v) is 8.87. The van der Waals surface area contributed by atoms with Crippen molar-refractivity contribution in [2.24, 2.45) is 0 Å². The van der Waals surface area contributed by atoms with E-state index in [0.29, 0.717) is 5.69 Å². The van der Waals surface area contributed by atoms with Gasteiger partial charge >= 0.3 is 6.03 Å². The second kappa shape index (κ2) is 8.30. The van der Waals surface area contributed by atoms with Gasteiger partial charge in [-0.25, -0.2) is 4.79 Å². The van der Waals surface area contributed by atoms with Crippen LogP contribution in [0, 0.1) is 10.7 Å². The minimum atomic E-state index is -1.04. The first-order valence-corrected chi connectivity index (χ1v) is 10.6. The molecule has 0 bridgehead atoms. The average molecular weight is 701 g/mol. The highest BCUT2D eigenvalue weighted by atomic mass is 127. The molecular weight excluding hydrogens is 691 g/mol. The Labute approximate surface area is 193 Å². The number of aromatic amines is 1. The lowest BCUT2D eigenvalue weighted by atomic mass is 10.2. The van der Waals surface area contributed by atoms with Crippen LogP contribution in [0.3, 0.4) is 0 Å². The van der Waals surface area contributed by atoms with Crippen LogP contribution < -0.4 is 21.6 Å². The number of anilines is 2. The lowest BCUT2D eigenvalue weighted by molar-refractivity contribution is 0.262. The molecule has 0 aliphatic heterocycles. The number of aromatic nitrogens is 1. The molecule has 0 aliphatic carbocycles. The molecule has 3 aromatic rings. The first kappa shape index (κ1) is 20.3. The number of halogens is 3. The zero-order chi connectivity index (χ0) is 19.7. The van der Waals surface area contributed by atoms with Gasteiger partial charge in [0.2, 0.25) is 0 Å². The second-order valence-electron chi connectivity index (χ2n) is 5.38. The molecule has 138 valence electrons. The summed E-state index contributed by atoms with van der Waals surface area (Å²) in [6, 6.07) is 9.37. The van der Waals surface area contributed by atoms with E-state index in [1.807, 2.05) is 6.07 Å². The highest BCUT2D eigenvalue weighted by Gasteiger charge is 2.16. The zero-order valence-corrected chi connectivity index (χ0v) is 19.7. The van der Waals surface area contributed by atoms with E-state index in [1.54, 1.807) is 24.3 Å². The highest BCUT2D eigenvalue weighted by Crippen LogP contribution is 2.28. The number of amides is 2. The van der Waals surface area contributed by atoms with Crippen LogP contribution >= 0.6 is 67.8 Å². The molecule has 3 rings (SSSR count). The molecule has 0 fully saturated rings. The Morgan fingerprint density at radius 2 is 1.74 bits per heavy atom. The summed E-state index contributed by atoms with van der Waals surface area (Å²) in [4.78, 5) is 39.2. The summed E-state index contributed by atoms with van der Waals surface area (Å²) in [5.74, 6) is -0.476. The number of nitrogens with one attached hydrogen (secondary N) is 3. The van der Waals surface area contributed by atoms with Crippen molar-refractivity contribution in [1.29, 1.82) is 0 Å². The summed E-state index contributed by atoms with van der Waals surface area (Å²) in [7, 11) is 0. The van der Waals surface area contributed by atoms with Crippen LogP contribution in [-0.2, 0) is 0 Å². The molecule has 0 saturated heterocycles. The van der Waals surface area contributed by atoms with Crippen LogP contribution in [0.5, 0.6) is 5.75 Å².